The lowest BCUT2D eigenvalue weighted by Gasteiger charge is -2.10. The highest BCUT2D eigenvalue weighted by atomic mass is 16.2. The van der Waals surface area contributed by atoms with Crippen molar-refractivity contribution in [1.82, 2.24) is 4.90 Å². The van der Waals surface area contributed by atoms with Crippen molar-refractivity contribution in [2.24, 2.45) is 0 Å². The Morgan fingerprint density at radius 3 is 2.18 bits per heavy atom. The molecule has 0 aliphatic carbocycles. The number of aryl methyl sites for hydroxylation is 1. The molecule has 3 nitrogen and oxygen atoms in total. The predicted molar refractivity (Wildman–Crippen MR) is 66.3 cm³/mol. The standard InChI is InChI=1S/C14H15NO2/c1-8-6-5-7-11(9(8)2)12-10(3)13(16)15(4)14(12)17/h5-7H,1-4H3. The maximum atomic E-state index is 12.0. The Kier molecular flexibility index (Phi) is 2.62. The summed E-state index contributed by atoms with van der Waals surface area (Å²) < 4.78 is 0. The van der Waals surface area contributed by atoms with Crippen LogP contribution in [-0.4, -0.2) is 23.8 Å². The summed E-state index contributed by atoms with van der Waals surface area (Å²) >= 11 is 0. The van der Waals surface area contributed by atoms with Crippen molar-refractivity contribution in [3.63, 3.8) is 0 Å². The molecule has 0 N–H and O–H groups in total. The molecule has 1 aliphatic rings. The van der Waals surface area contributed by atoms with Crippen molar-refractivity contribution in [3.05, 3.63) is 40.5 Å². The normalized spacial score (nSPS) is 16.1. The quantitative estimate of drug-likeness (QED) is 0.691. The molecule has 1 aromatic rings. The van der Waals surface area contributed by atoms with E-state index in [0.29, 0.717) is 11.1 Å². The minimum atomic E-state index is -0.207. The third kappa shape index (κ3) is 1.58. The number of hydrogen-bond donors (Lipinski definition) is 0. The van der Waals surface area contributed by atoms with Crippen molar-refractivity contribution < 1.29 is 9.59 Å². The third-order valence-corrected chi connectivity index (χ3v) is 3.39. The van der Waals surface area contributed by atoms with Gasteiger partial charge in [-0.05, 0) is 37.5 Å². The summed E-state index contributed by atoms with van der Waals surface area (Å²) in [4.78, 5) is 25.0. The van der Waals surface area contributed by atoms with Crippen LogP contribution in [0.3, 0.4) is 0 Å². The monoisotopic (exact) mass is 229 g/mol. The van der Waals surface area contributed by atoms with Crippen molar-refractivity contribution in [1.29, 1.82) is 0 Å². The number of carbonyl (C=O) groups excluding carboxylic acids is 2. The highest BCUT2D eigenvalue weighted by Crippen LogP contribution is 2.30. The smallest absolute Gasteiger partial charge is 0.261 e. The molecular formula is C14H15NO2. The van der Waals surface area contributed by atoms with Crippen LogP contribution >= 0.6 is 0 Å². The lowest BCUT2D eigenvalue weighted by Crippen LogP contribution is -2.26. The second-order valence-corrected chi connectivity index (χ2v) is 4.42. The molecule has 88 valence electrons. The number of nitrogens with zero attached hydrogens (tertiary/aromatic N) is 1. The number of carbonyl (C=O) groups is 2. The molecule has 0 fully saturated rings. The summed E-state index contributed by atoms with van der Waals surface area (Å²) in [5.41, 5.74) is 4.12. The number of benzene rings is 1. The van der Waals surface area contributed by atoms with E-state index >= 15 is 0 Å². The average molecular weight is 229 g/mol. The molecule has 1 aromatic carbocycles. The van der Waals surface area contributed by atoms with Crippen molar-refractivity contribution in [3.8, 4) is 0 Å². The number of imide groups is 1. The van der Waals surface area contributed by atoms with Crippen LogP contribution in [0.1, 0.15) is 23.6 Å². The lowest BCUT2D eigenvalue weighted by molar-refractivity contribution is -0.135. The van der Waals surface area contributed by atoms with Gasteiger partial charge >= 0.3 is 0 Å². The molecule has 0 unspecified atom stereocenters. The van der Waals surface area contributed by atoms with E-state index in [9.17, 15) is 9.59 Å². The topological polar surface area (TPSA) is 37.4 Å². The Morgan fingerprint density at radius 1 is 1.00 bits per heavy atom. The van der Waals surface area contributed by atoms with Crippen LogP contribution < -0.4 is 0 Å². The zero-order chi connectivity index (χ0) is 12.7. The second-order valence-electron chi connectivity index (χ2n) is 4.42. The molecule has 2 rings (SSSR count). The third-order valence-electron chi connectivity index (χ3n) is 3.39. The van der Waals surface area contributed by atoms with Crippen LogP contribution in [0.25, 0.3) is 5.57 Å². The van der Waals surface area contributed by atoms with E-state index in [1.54, 1.807) is 6.92 Å². The number of rotatable bonds is 1. The molecule has 0 saturated heterocycles. The molecule has 1 heterocycles. The molecule has 17 heavy (non-hydrogen) atoms. The van der Waals surface area contributed by atoms with Gasteiger partial charge in [-0.25, -0.2) is 0 Å². The van der Waals surface area contributed by atoms with E-state index < -0.39 is 0 Å². The minimum Gasteiger partial charge on any atom is -0.278 e. The van der Waals surface area contributed by atoms with E-state index in [0.717, 1.165) is 16.7 Å². The molecule has 0 bridgehead atoms. The molecule has 3 heteroatoms. The minimum absolute atomic E-state index is 0.203. The molecule has 0 radical (unpaired) electrons. The van der Waals surface area contributed by atoms with Crippen LogP contribution in [-0.2, 0) is 9.59 Å². The molecule has 0 atom stereocenters. The van der Waals surface area contributed by atoms with Crippen molar-refractivity contribution in [2.45, 2.75) is 20.8 Å². The first kappa shape index (κ1) is 11.6. The first-order chi connectivity index (χ1) is 7.95. The number of likely N-dealkylation sites (N-methyl/N-ethyl adjacent to an activating group) is 1. The fourth-order valence-electron chi connectivity index (χ4n) is 2.12. The Labute approximate surface area is 101 Å². The van der Waals surface area contributed by atoms with Gasteiger partial charge < -0.3 is 0 Å². The summed E-state index contributed by atoms with van der Waals surface area (Å²) in [5, 5.41) is 0. The van der Waals surface area contributed by atoms with E-state index in [-0.39, 0.29) is 11.8 Å². The average Bonchev–Trinajstić information content (AvgIpc) is 2.49. The SMILES string of the molecule is CC1=C(c2cccc(C)c2C)C(=O)N(C)C1=O. The van der Waals surface area contributed by atoms with Gasteiger partial charge in [0.1, 0.15) is 0 Å². The molecule has 2 amide bonds. The zero-order valence-electron chi connectivity index (χ0n) is 10.5. The molecular weight excluding hydrogens is 214 g/mol. The summed E-state index contributed by atoms with van der Waals surface area (Å²) in [7, 11) is 1.52. The Balaban J connectivity index is 2.66. The fourth-order valence-corrected chi connectivity index (χ4v) is 2.12. The largest absolute Gasteiger partial charge is 0.278 e. The van der Waals surface area contributed by atoms with Crippen molar-refractivity contribution in [2.75, 3.05) is 7.05 Å². The molecule has 0 spiro atoms. The summed E-state index contributed by atoms with van der Waals surface area (Å²) in [5.74, 6) is -0.410. The first-order valence-electron chi connectivity index (χ1n) is 5.55. The Morgan fingerprint density at radius 2 is 1.65 bits per heavy atom. The van der Waals surface area contributed by atoms with Gasteiger partial charge in [-0.3, -0.25) is 14.5 Å². The lowest BCUT2D eigenvalue weighted by atomic mass is 9.95. The van der Waals surface area contributed by atoms with Crippen LogP contribution in [0.5, 0.6) is 0 Å². The van der Waals surface area contributed by atoms with Crippen LogP contribution in [0.2, 0.25) is 0 Å². The van der Waals surface area contributed by atoms with Crippen LogP contribution in [0, 0.1) is 13.8 Å². The van der Waals surface area contributed by atoms with E-state index in [1.807, 2.05) is 32.0 Å². The number of hydrogen-bond acceptors (Lipinski definition) is 2. The Hall–Kier alpha value is -1.90. The van der Waals surface area contributed by atoms with Crippen LogP contribution in [0.15, 0.2) is 23.8 Å². The van der Waals surface area contributed by atoms with Gasteiger partial charge in [0.25, 0.3) is 11.8 Å². The van der Waals surface area contributed by atoms with Gasteiger partial charge in [-0.1, -0.05) is 18.2 Å². The molecule has 0 saturated carbocycles. The van der Waals surface area contributed by atoms with Gasteiger partial charge in [0.15, 0.2) is 0 Å². The fraction of sp³-hybridized carbons (Fsp3) is 0.286. The Bertz CT molecular complexity index is 555. The highest BCUT2D eigenvalue weighted by molar-refractivity contribution is 6.35. The van der Waals surface area contributed by atoms with E-state index in [2.05, 4.69) is 0 Å². The maximum Gasteiger partial charge on any atom is 0.261 e. The first-order valence-corrected chi connectivity index (χ1v) is 5.55. The van der Waals surface area contributed by atoms with E-state index in [1.165, 1.54) is 11.9 Å². The van der Waals surface area contributed by atoms with Gasteiger partial charge in [0, 0.05) is 12.6 Å². The summed E-state index contributed by atoms with van der Waals surface area (Å²) in [6, 6.07) is 5.80. The summed E-state index contributed by atoms with van der Waals surface area (Å²) in [6.45, 7) is 5.68. The van der Waals surface area contributed by atoms with Gasteiger partial charge in [-0.2, -0.15) is 0 Å². The van der Waals surface area contributed by atoms with Gasteiger partial charge in [0.05, 0.1) is 5.57 Å². The van der Waals surface area contributed by atoms with Gasteiger partial charge in [-0.15, -0.1) is 0 Å². The zero-order valence-corrected chi connectivity index (χ0v) is 10.5. The summed E-state index contributed by atoms with van der Waals surface area (Å²) in [6.07, 6.45) is 0. The van der Waals surface area contributed by atoms with E-state index in [4.69, 9.17) is 0 Å². The van der Waals surface area contributed by atoms with Crippen LogP contribution in [0.4, 0.5) is 0 Å². The number of amides is 2. The molecule has 0 aromatic heterocycles. The molecule has 1 aliphatic heterocycles. The van der Waals surface area contributed by atoms with Gasteiger partial charge in [0.2, 0.25) is 0 Å². The highest BCUT2D eigenvalue weighted by Gasteiger charge is 2.34. The second kappa shape index (κ2) is 3.84. The maximum absolute atomic E-state index is 12.0. The van der Waals surface area contributed by atoms with Crippen molar-refractivity contribution >= 4 is 17.4 Å². The predicted octanol–water partition coefficient (Wildman–Crippen LogP) is 2.08.